The van der Waals surface area contributed by atoms with E-state index < -0.39 is 0 Å². The molecule has 0 bridgehead atoms. The molecule has 120 valence electrons. The van der Waals surface area contributed by atoms with Crippen molar-refractivity contribution in [1.82, 2.24) is 0 Å². The van der Waals surface area contributed by atoms with Gasteiger partial charge in [0.25, 0.3) is 0 Å². The molecule has 0 spiro atoms. The Labute approximate surface area is 132 Å². The molecule has 1 atom stereocenters. The van der Waals surface area contributed by atoms with Crippen LogP contribution in [-0.2, 0) is 4.74 Å². The molecule has 0 heterocycles. The normalized spacial score (nSPS) is 13.3. The number of hydrogen-bond acceptors (Lipinski definition) is 1. The van der Waals surface area contributed by atoms with Crippen LogP contribution in [0.15, 0.2) is 30.3 Å². The zero-order valence-corrected chi connectivity index (χ0v) is 14.5. The molecule has 0 N–H and O–H groups in total. The predicted octanol–water partition coefficient (Wildman–Crippen LogP) is 6.34. The fourth-order valence-electron chi connectivity index (χ4n) is 3.20. The molecule has 1 nitrogen and oxygen atoms in total. The van der Waals surface area contributed by atoms with Gasteiger partial charge < -0.3 is 4.74 Å². The van der Waals surface area contributed by atoms with E-state index in [-0.39, 0.29) is 5.60 Å². The Morgan fingerprint density at radius 1 is 0.905 bits per heavy atom. The van der Waals surface area contributed by atoms with Crippen molar-refractivity contribution in [3.63, 3.8) is 0 Å². The summed E-state index contributed by atoms with van der Waals surface area (Å²) in [5.41, 5.74) is 1.34. The van der Waals surface area contributed by atoms with E-state index in [0.29, 0.717) is 5.92 Å². The van der Waals surface area contributed by atoms with Crippen LogP contribution in [0, 0.1) is 0 Å². The molecule has 0 aliphatic heterocycles. The van der Waals surface area contributed by atoms with E-state index in [1.54, 1.807) is 0 Å². The number of rotatable bonds is 11. The summed E-state index contributed by atoms with van der Waals surface area (Å²) >= 11 is 0. The zero-order valence-electron chi connectivity index (χ0n) is 14.5. The Morgan fingerprint density at radius 2 is 1.52 bits per heavy atom. The highest BCUT2D eigenvalue weighted by Gasteiger charge is 2.30. The largest absolute Gasteiger partial charge is 0.375 e. The topological polar surface area (TPSA) is 9.23 Å². The van der Waals surface area contributed by atoms with Crippen LogP contribution < -0.4 is 0 Å². The molecular formula is C20H34O. The zero-order chi connectivity index (χ0) is 15.6. The molecule has 0 aromatic heterocycles. The van der Waals surface area contributed by atoms with Crippen LogP contribution >= 0.6 is 0 Å². The molecule has 1 unspecified atom stereocenters. The van der Waals surface area contributed by atoms with Gasteiger partial charge in [0.05, 0.1) is 5.60 Å². The average Bonchev–Trinajstić information content (AvgIpc) is 2.47. The van der Waals surface area contributed by atoms with E-state index in [2.05, 4.69) is 58.0 Å². The van der Waals surface area contributed by atoms with Gasteiger partial charge in [-0.1, -0.05) is 75.8 Å². The molecule has 0 amide bonds. The molecule has 1 rings (SSSR count). The van der Waals surface area contributed by atoms with Gasteiger partial charge in [-0.05, 0) is 32.8 Å². The maximum Gasteiger partial charge on any atom is 0.0694 e. The van der Waals surface area contributed by atoms with Crippen molar-refractivity contribution < 1.29 is 4.74 Å². The van der Waals surface area contributed by atoms with Crippen LogP contribution in [-0.4, -0.2) is 12.2 Å². The highest BCUT2D eigenvalue weighted by molar-refractivity contribution is 5.22. The van der Waals surface area contributed by atoms with Crippen LogP contribution in [0.4, 0.5) is 0 Å². The van der Waals surface area contributed by atoms with Crippen molar-refractivity contribution in [2.45, 2.75) is 84.2 Å². The molecule has 21 heavy (non-hydrogen) atoms. The molecule has 0 aliphatic rings. The third kappa shape index (κ3) is 6.65. The second kappa shape index (κ2) is 10.00. The Kier molecular flexibility index (Phi) is 8.68. The lowest BCUT2D eigenvalue weighted by molar-refractivity contribution is -0.0335. The highest BCUT2D eigenvalue weighted by Crippen LogP contribution is 2.35. The third-order valence-electron chi connectivity index (χ3n) is 4.40. The van der Waals surface area contributed by atoms with Gasteiger partial charge in [0.1, 0.15) is 0 Å². The van der Waals surface area contributed by atoms with Gasteiger partial charge in [-0.3, -0.25) is 0 Å². The first-order valence-corrected chi connectivity index (χ1v) is 8.80. The van der Waals surface area contributed by atoms with Crippen LogP contribution in [0.5, 0.6) is 0 Å². The van der Waals surface area contributed by atoms with Crippen molar-refractivity contribution >= 4 is 0 Å². The molecular weight excluding hydrogens is 256 g/mol. The van der Waals surface area contributed by atoms with Crippen LogP contribution in [0.2, 0.25) is 0 Å². The molecule has 0 aliphatic carbocycles. The maximum atomic E-state index is 6.04. The molecule has 1 aromatic rings. The molecule has 0 saturated carbocycles. The lowest BCUT2D eigenvalue weighted by Crippen LogP contribution is -2.33. The summed E-state index contributed by atoms with van der Waals surface area (Å²) in [5, 5.41) is 0. The van der Waals surface area contributed by atoms with Crippen LogP contribution in [0.3, 0.4) is 0 Å². The monoisotopic (exact) mass is 290 g/mol. The highest BCUT2D eigenvalue weighted by atomic mass is 16.5. The fourth-order valence-corrected chi connectivity index (χ4v) is 3.20. The molecule has 0 fully saturated rings. The fraction of sp³-hybridized carbons (Fsp3) is 0.700. The quantitative estimate of drug-likeness (QED) is 0.432. The maximum absolute atomic E-state index is 6.04. The van der Waals surface area contributed by atoms with Crippen molar-refractivity contribution in [3.8, 4) is 0 Å². The summed E-state index contributed by atoms with van der Waals surface area (Å²) in [7, 11) is 0. The van der Waals surface area contributed by atoms with E-state index in [9.17, 15) is 0 Å². The molecule has 1 heteroatoms. The lowest BCUT2D eigenvalue weighted by atomic mass is 9.80. The second-order valence-corrected chi connectivity index (χ2v) is 6.56. The minimum absolute atomic E-state index is 0.0838. The van der Waals surface area contributed by atoms with Crippen LogP contribution in [0.25, 0.3) is 0 Å². The predicted molar refractivity (Wildman–Crippen MR) is 92.9 cm³/mol. The van der Waals surface area contributed by atoms with Gasteiger partial charge >= 0.3 is 0 Å². The summed E-state index contributed by atoms with van der Waals surface area (Å²) in [6.07, 6.45) is 9.36. The van der Waals surface area contributed by atoms with Crippen molar-refractivity contribution in [1.29, 1.82) is 0 Å². The summed E-state index contributed by atoms with van der Waals surface area (Å²) in [5.74, 6) is 0.491. The van der Waals surface area contributed by atoms with Gasteiger partial charge in [-0.25, -0.2) is 0 Å². The van der Waals surface area contributed by atoms with E-state index in [1.165, 1.54) is 50.5 Å². The van der Waals surface area contributed by atoms with Crippen LogP contribution in [0.1, 0.15) is 84.1 Å². The lowest BCUT2D eigenvalue weighted by Gasteiger charge is -2.35. The summed E-state index contributed by atoms with van der Waals surface area (Å²) < 4.78 is 6.04. The summed E-state index contributed by atoms with van der Waals surface area (Å²) in [6.45, 7) is 9.63. The van der Waals surface area contributed by atoms with E-state index in [4.69, 9.17) is 4.74 Å². The minimum atomic E-state index is -0.0838. The van der Waals surface area contributed by atoms with Gasteiger partial charge in [0.15, 0.2) is 0 Å². The first kappa shape index (κ1) is 18.2. The molecule has 0 saturated heterocycles. The third-order valence-corrected chi connectivity index (χ3v) is 4.40. The Morgan fingerprint density at radius 3 is 2.14 bits per heavy atom. The number of unbranched alkanes of at least 4 members (excludes halogenated alkanes) is 5. The van der Waals surface area contributed by atoms with Gasteiger partial charge in [0, 0.05) is 12.5 Å². The first-order valence-electron chi connectivity index (χ1n) is 8.80. The standard InChI is InChI=1S/C20H34O/c1-5-7-8-9-10-14-17-19(20(3,4)21-6-2)18-15-12-11-13-16-18/h11-13,15-16,19H,5-10,14,17H2,1-4H3. The Bertz CT molecular complexity index is 355. The average molecular weight is 290 g/mol. The van der Waals surface area contributed by atoms with Crippen molar-refractivity contribution in [3.05, 3.63) is 35.9 Å². The number of hydrogen-bond donors (Lipinski definition) is 0. The smallest absolute Gasteiger partial charge is 0.0694 e. The van der Waals surface area contributed by atoms with E-state index >= 15 is 0 Å². The van der Waals surface area contributed by atoms with E-state index in [0.717, 1.165) is 6.61 Å². The van der Waals surface area contributed by atoms with Gasteiger partial charge in [-0.2, -0.15) is 0 Å². The van der Waals surface area contributed by atoms with Crippen molar-refractivity contribution in [2.24, 2.45) is 0 Å². The summed E-state index contributed by atoms with van der Waals surface area (Å²) in [4.78, 5) is 0. The Balaban J connectivity index is 2.57. The molecule has 1 aromatic carbocycles. The van der Waals surface area contributed by atoms with Gasteiger partial charge in [-0.15, -0.1) is 0 Å². The number of ether oxygens (including phenoxy) is 1. The van der Waals surface area contributed by atoms with Gasteiger partial charge in [0.2, 0.25) is 0 Å². The van der Waals surface area contributed by atoms with E-state index in [1.807, 2.05) is 0 Å². The Hall–Kier alpha value is -0.820. The molecule has 0 radical (unpaired) electrons. The summed E-state index contributed by atoms with van der Waals surface area (Å²) in [6, 6.07) is 10.9. The SMILES string of the molecule is CCCCCCCCC(c1ccccc1)C(C)(C)OCC. The first-order chi connectivity index (χ1) is 10.1. The van der Waals surface area contributed by atoms with Crippen molar-refractivity contribution in [2.75, 3.05) is 6.61 Å². The number of benzene rings is 1. The minimum Gasteiger partial charge on any atom is -0.375 e. The second-order valence-electron chi connectivity index (χ2n) is 6.56.